The van der Waals surface area contributed by atoms with Gasteiger partial charge in [-0.3, -0.25) is 4.79 Å². The van der Waals surface area contributed by atoms with Gasteiger partial charge in [0.15, 0.2) is 0 Å². The van der Waals surface area contributed by atoms with E-state index >= 15 is 0 Å². The van der Waals surface area contributed by atoms with Crippen LogP contribution in [0.3, 0.4) is 0 Å². The molecule has 0 saturated heterocycles. The van der Waals surface area contributed by atoms with Crippen LogP contribution in [-0.4, -0.2) is 20.4 Å². The second-order valence-corrected chi connectivity index (χ2v) is 8.06. The number of sulfonamides is 1. The molecule has 0 bridgehead atoms. The lowest BCUT2D eigenvalue weighted by atomic mass is 10.1. The van der Waals surface area contributed by atoms with Gasteiger partial charge in [-0.05, 0) is 61.4 Å². The van der Waals surface area contributed by atoms with Gasteiger partial charge in [0.05, 0.1) is 4.90 Å². The number of carbonyl (C=O) groups excluding carboxylic acids is 1. The predicted molar refractivity (Wildman–Crippen MR) is 104 cm³/mol. The summed E-state index contributed by atoms with van der Waals surface area (Å²) < 4.78 is 26.7. The average molecular weight is 396 g/mol. The van der Waals surface area contributed by atoms with Crippen molar-refractivity contribution in [3.8, 4) is 0 Å². The normalized spacial score (nSPS) is 13.2. The molecule has 0 radical (unpaired) electrons. The Kier molecular flexibility index (Phi) is 6.41. The zero-order valence-corrected chi connectivity index (χ0v) is 16.2. The smallest absolute Gasteiger partial charge is 0.255 e. The molecule has 26 heavy (non-hydrogen) atoms. The molecule has 6 nitrogen and oxygen atoms in total. The van der Waals surface area contributed by atoms with Crippen LogP contribution in [-0.2, 0) is 23.1 Å². The number of halogens is 1. The van der Waals surface area contributed by atoms with Crippen molar-refractivity contribution in [2.45, 2.75) is 37.9 Å². The Bertz CT molecular complexity index is 896. The molecule has 1 heterocycles. The number of amides is 1. The number of hydrogen-bond acceptors (Lipinski definition) is 4. The minimum atomic E-state index is -3.53. The van der Waals surface area contributed by atoms with E-state index in [1.54, 1.807) is 32.0 Å². The monoisotopic (exact) mass is 395 g/mol. The van der Waals surface area contributed by atoms with Crippen molar-refractivity contribution in [1.82, 2.24) is 10.0 Å². The largest absolute Gasteiger partial charge is 0.322 e. The highest BCUT2D eigenvalue weighted by molar-refractivity contribution is 7.89. The highest BCUT2D eigenvalue weighted by Gasteiger charge is 2.16. The Morgan fingerprint density at radius 3 is 2.35 bits per heavy atom. The fourth-order valence-electron chi connectivity index (χ4n) is 2.74. The molecule has 1 aliphatic rings. The van der Waals surface area contributed by atoms with Crippen molar-refractivity contribution in [2.24, 2.45) is 0 Å². The number of hydrogen-bond donors (Lipinski definition) is 3. The van der Waals surface area contributed by atoms with Crippen LogP contribution in [0, 0.1) is 0 Å². The van der Waals surface area contributed by atoms with Gasteiger partial charge in [0.2, 0.25) is 10.0 Å². The number of nitrogens with one attached hydrogen (secondary N) is 3. The molecule has 3 N–H and O–H groups in total. The minimum Gasteiger partial charge on any atom is -0.322 e. The molecular weight excluding hydrogens is 374 g/mol. The fourth-order valence-corrected chi connectivity index (χ4v) is 3.99. The summed E-state index contributed by atoms with van der Waals surface area (Å²) in [7, 11) is -3.53. The zero-order chi connectivity index (χ0) is 18.0. The number of fused-ring (bicyclic) bond motifs is 1. The Hall–Kier alpha value is -1.93. The van der Waals surface area contributed by atoms with Crippen LogP contribution in [0.5, 0.6) is 0 Å². The van der Waals surface area contributed by atoms with E-state index in [0.29, 0.717) is 11.3 Å². The average Bonchev–Trinajstić information content (AvgIpc) is 3.01. The van der Waals surface area contributed by atoms with Crippen molar-refractivity contribution < 1.29 is 13.2 Å². The van der Waals surface area contributed by atoms with Crippen LogP contribution in [0.1, 0.15) is 35.3 Å². The van der Waals surface area contributed by atoms with E-state index in [1.807, 2.05) is 12.1 Å². The standard InChI is InChI=1S/C18H21N3O3S.ClH/c1-12(2)21-25(23,24)17-7-5-16(6-8-17)20-18(22)13-3-4-14-10-19-11-15(14)9-13;/h3-9,12,19,21H,10-11H2,1-2H3,(H,20,22);1H. The molecule has 0 aromatic heterocycles. The topological polar surface area (TPSA) is 87.3 Å². The van der Waals surface area contributed by atoms with E-state index in [4.69, 9.17) is 0 Å². The lowest BCUT2D eigenvalue weighted by Gasteiger charge is -2.11. The number of rotatable bonds is 5. The van der Waals surface area contributed by atoms with Crippen LogP contribution in [0.2, 0.25) is 0 Å². The van der Waals surface area contributed by atoms with E-state index in [1.165, 1.54) is 17.7 Å². The molecule has 2 aromatic rings. The summed E-state index contributed by atoms with van der Waals surface area (Å²) in [5.74, 6) is -0.217. The second kappa shape index (κ2) is 8.18. The Balaban J connectivity index is 0.00000243. The van der Waals surface area contributed by atoms with Gasteiger partial charge >= 0.3 is 0 Å². The predicted octanol–water partition coefficient (Wildman–Crippen LogP) is 2.65. The molecule has 0 saturated carbocycles. The van der Waals surface area contributed by atoms with Gasteiger partial charge in [0.1, 0.15) is 0 Å². The Morgan fingerprint density at radius 1 is 1.04 bits per heavy atom. The summed E-state index contributed by atoms with van der Waals surface area (Å²) in [6.07, 6.45) is 0. The zero-order valence-electron chi connectivity index (χ0n) is 14.6. The Morgan fingerprint density at radius 2 is 1.69 bits per heavy atom. The van der Waals surface area contributed by atoms with Crippen LogP contribution in [0.4, 0.5) is 5.69 Å². The summed E-state index contributed by atoms with van der Waals surface area (Å²) in [4.78, 5) is 12.5. The van der Waals surface area contributed by atoms with E-state index in [9.17, 15) is 13.2 Å². The van der Waals surface area contributed by atoms with Crippen LogP contribution in [0.15, 0.2) is 47.4 Å². The Labute approximate surface area is 159 Å². The van der Waals surface area contributed by atoms with E-state index in [0.717, 1.165) is 18.7 Å². The first-order valence-corrected chi connectivity index (χ1v) is 9.60. The van der Waals surface area contributed by atoms with E-state index in [-0.39, 0.29) is 29.3 Å². The minimum absolute atomic E-state index is 0. The van der Waals surface area contributed by atoms with Crippen LogP contribution >= 0.6 is 12.4 Å². The molecule has 0 fully saturated rings. The molecule has 0 atom stereocenters. The maximum atomic E-state index is 12.4. The van der Waals surface area contributed by atoms with E-state index in [2.05, 4.69) is 15.4 Å². The summed E-state index contributed by atoms with van der Waals surface area (Å²) in [6.45, 7) is 5.12. The molecule has 0 aliphatic carbocycles. The van der Waals surface area contributed by atoms with Gasteiger partial charge in [-0.25, -0.2) is 13.1 Å². The first kappa shape index (κ1) is 20.4. The molecule has 2 aromatic carbocycles. The summed E-state index contributed by atoms with van der Waals surface area (Å²) >= 11 is 0. The number of benzene rings is 2. The highest BCUT2D eigenvalue weighted by Crippen LogP contribution is 2.19. The van der Waals surface area contributed by atoms with E-state index < -0.39 is 10.0 Å². The van der Waals surface area contributed by atoms with Gasteiger partial charge in [-0.15, -0.1) is 12.4 Å². The molecule has 140 valence electrons. The molecule has 0 unspecified atom stereocenters. The third kappa shape index (κ3) is 4.62. The highest BCUT2D eigenvalue weighted by atomic mass is 35.5. The molecular formula is C18H22ClN3O3S. The van der Waals surface area contributed by atoms with Crippen molar-refractivity contribution >= 4 is 34.0 Å². The lowest BCUT2D eigenvalue weighted by molar-refractivity contribution is 0.102. The third-order valence-corrected chi connectivity index (χ3v) is 5.59. The summed E-state index contributed by atoms with van der Waals surface area (Å²) in [5.41, 5.74) is 3.48. The number of carbonyl (C=O) groups is 1. The molecule has 1 aliphatic heterocycles. The SMILES string of the molecule is CC(C)NS(=O)(=O)c1ccc(NC(=O)c2ccc3c(c2)CNC3)cc1.Cl. The molecule has 0 spiro atoms. The molecule has 1 amide bonds. The van der Waals surface area contributed by atoms with Gasteiger partial charge in [0.25, 0.3) is 5.91 Å². The quantitative estimate of drug-likeness (QED) is 0.726. The van der Waals surface area contributed by atoms with Gasteiger partial charge in [-0.1, -0.05) is 6.07 Å². The molecule has 8 heteroatoms. The van der Waals surface area contributed by atoms with Gasteiger partial charge in [-0.2, -0.15) is 0 Å². The second-order valence-electron chi connectivity index (χ2n) is 6.34. The van der Waals surface area contributed by atoms with Crippen LogP contribution < -0.4 is 15.4 Å². The van der Waals surface area contributed by atoms with Crippen molar-refractivity contribution in [3.05, 3.63) is 59.2 Å². The first-order valence-electron chi connectivity index (χ1n) is 8.11. The third-order valence-electron chi connectivity index (χ3n) is 3.91. The maximum absolute atomic E-state index is 12.4. The lowest BCUT2D eigenvalue weighted by Crippen LogP contribution is -2.30. The first-order chi connectivity index (χ1) is 11.8. The summed E-state index contributed by atoms with van der Waals surface area (Å²) in [5, 5.41) is 6.04. The van der Waals surface area contributed by atoms with Crippen molar-refractivity contribution in [3.63, 3.8) is 0 Å². The maximum Gasteiger partial charge on any atom is 0.255 e. The van der Waals surface area contributed by atoms with Crippen molar-refractivity contribution in [2.75, 3.05) is 5.32 Å². The summed E-state index contributed by atoms with van der Waals surface area (Å²) in [6, 6.07) is 11.6. The van der Waals surface area contributed by atoms with Gasteiger partial charge in [0, 0.05) is 30.4 Å². The molecule has 3 rings (SSSR count). The number of anilines is 1. The fraction of sp³-hybridized carbons (Fsp3) is 0.278. The van der Waals surface area contributed by atoms with Gasteiger partial charge < -0.3 is 10.6 Å². The van der Waals surface area contributed by atoms with Crippen LogP contribution in [0.25, 0.3) is 0 Å². The van der Waals surface area contributed by atoms with Crippen molar-refractivity contribution in [1.29, 1.82) is 0 Å².